The molecular formula is C31H21NS. The molecule has 1 nitrogen and oxygen atoms in total. The highest BCUT2D eigenvalue weighted by atomic mass is 32.1. The highest BCUT2D eigenvalue weighted by Gasteiger charge is 2.21. The fraction of sp³-hybridized carbons (Fsp3) is 0. The van der Waals surface area contributed by atoms with E-state index in [2.05, 4.69) is 120 Å². The van der Waals surface area contributed by atoms with Gasteiger partial charge >= 0.3 is 0 Å². The van der Waals surface area contributed by atoms with Crippen molar-refractivity contribution in [1.82, 2.24) is 4.98 Å². The summed E-state index contributed by atoms with van der Waals surface area (Å²) in [6.45, 7) is 0. The van der Waals surface area contributed by atoms with Crippen LogP contribution >= 0.6 is 11.3 Å². The zero-order valence-corrected chi connectivity index (χ0v) is 18.8. The second kappa shape index (κ2) is 8.50. The molecule has 0 radical (unpaired) electrons. The van der Waals surface area contributed by atoms with Gasteiger partial charge in [-0.1, -0.05) is 115 Å². The Morgan fingerprint density at radius 3 is 1.36 bits per heavy atom. The summed E-state index contributed by atoms with van der Waals surface area (Å²) >= 11 is 1.87. The predicted molar refractivity (Wildman–Crippen MR) is 141 cm³/mol. The first-order chi connectivity index (χ1) is 16.4. The second-order valence-corrected chi connectivity index (χ2v) is 9.03. The van der Waals surface area contributed by atoms with Crippen LogP contribution in [0.25, 0.3) is 53.9 Å². The van der Waals surface area contributed by atoms with Gasteiger partial charge in [-0.05, 0) is 16.7 Å². The molecule has 0 saturated carbocycles. The number of aromatic nitrogens is 1. The van der Waals surface area contributed by atoms with Crippen molar-refractivity contribution in [3.05, 3.63) is 128 Å². The molecule has 0 bridgehead atoms. The summed E-state index contributed by atoms with van der Waals surface area (Å²) in [5.74, 6) is 0. The summed E-state index contributed by atoms with van der Waals surface area (Å²) in [7, 11) is 0. The van der Waals surface area contributed by atoms with Gasteiger partial charge in [0.15, 0.2) is 0 Å². The number of pyridine rings is 1. The monoisotopic (exact) mass is 439 g/mol. The minimum absolute atomic E-state index is 1.16. The topological polar surface area (TPSA) is 12.9 Å². The van der Waals surface area contributed by atoms with Crippen LogP contribution in [-0.4, -0.2) is 4.98 Å². The Balaban J connectivity index is 1.71. The van der Waals surface area contributed by atoms with Crippen LogP contribution in [0, 0.1) is 0 Å². The summed E-state index contributed by atoms with van der Waals surface area (Å²) in [6, 6.07) is 40.6. The van der Waals surface area contributed by atoms with Crippen molar-refractivity contribution in [1.29, 1.82) is 0 Å². The van der Waals surface area contributed by atoms with Gasteiger partial charge < -0.3 is 0 Å². The summed E-state index contributed by atoms with van der Waals surface area (Å²) in [5, 5.41) is 2.57. The van der Waals surface area contributed by atoms with Gasteiger partial charge in [0.1, 0.15) is 0 Å². The minimum Gasteiger partial charge on any atom is -0.263 e. The van der Waals surface area contributed by atoms with Gasteiger partial charge in [-0.15, -0.1) is 11.3 Å². The number of benzene rings is 4. The Hall–Kier alpha value is -4.01. The SMILES string of the molecule is c1ccc(-c2cncc(-c3ccccc3)c2-c2sc(-c3ccccc3)c3ccccc23)cc1. The second-order valence-electron chi connectivity index (χ2n) is 8.01. The first kappa shape index (κ1) is 19.7. The third kappa shape index (κ3) is 3.55. The zero-order chi connectivity index (χ0) is 22.0. The maximum absolute atomic E-state index is 4.67. The fourth-order valence-corrected chi connectivity index (χ4v) is 5.82. The summed E-state index contributed by atoms with van der Waals surface area (Å²) in [6.07, 6.45) is 4.02. The molecule has 0 aliphatic heterocycles. The van der Waals surface area contributed by atoms with Crippen molar-refractivity contribution >= 4 is 22.1 Å². The number of rotatable bonds is 4. The highest BCUT2D eigenvalue weighted by molar-refractivity contribution is 7.21. The molecule has 0 spiro atoms. The minimum atomic E-state index is 1.16. The van der Waals surface area contributed by atoms with E-state index in [0.717, 1.165) is 11.1 Å². The molecule has 0 saturated heterocycles. The van der Waals surface area contributed by atoms with Crippen LogP contribution in [0.4, 0.5) is 0 Å². The van der Waals surface area contributed by atoms with Crippen LogP contribution in [-0.2, 0) is 0 Å². The van der Waals surface area contributed by atoms with Crippen molar-refractivity contribution in [3.8, 4) is 43.1 Å². The van der Waals surface area contributed by atoms with Crippen LogP contribution in [0.2, 0.25) is 0 Å². The third-order valence-electron chi connectivity index (χ3n) is 6.00. The summed E-state index contributed by atoms with van der Waals surface area (Å²) < 4.78 is 0. The Morgan fingerprint density at radius 1 is 0.424 bits per heavy atom. The number of hydrogen-bond acceptors (Lipinski definition) is 2. The van der Waals surface area contributed by atoms with Crippen molar-refractivity contribution in [2.75, 3.05) is 0 Å². The summed E-state index contributed by atoms with van der Waals surface area (Å²) in [4.78, 5) is 7.26. The van der Waals surface area contributed by atoms with E-state index >= 15 is 0 Å². The van der Waals surface area contributed by atoms with Crippen molar-refractivity contribution in [2.24, 2.45) is 0 Å². The molecule has 0 atom stereocenters. The van der Waals surface area contributed by atoms with Crippen molar-refractivity contribution in [2.45, 2.75) is 0 Å². The lowest BCUT2D eigenvalue weighted by Gasteiger charge is -2.14. The smallest absolute Gasteiger partial charge is 0.0441 e. The lowest BCUT2D eigenvalue weighted by Crippen LogP contribution is -1.91. The van der Waals surface area contributed by atoms with E-state index in [4.69, 9.17) is 0 Å². The predicted octanol–water partition coefficient (Wildman–Crippen LogP) is 8.96. The molecule has 4 aromatic carbocycles. The average molecular weight is 440 g/mol. The van der Waals surface area contributed by atoms with Crippen molar-refractivity contribution < 1.29 is 0 Å². The maximum Gasteiger partial charge on any atom is 0.0441 e. The third-order valence-corrected chi connectivity index (χ3v) is 7.29. The molecule has 0 fully saturated rings. The molecule has 2 heteroatoms. The van der Waals surface area contributed by atoms with Crippen LogP contribution in [0.3, 0.4) is 0 Å². The molecule has 0 aliphatic carbocycles. The molecule has 0 aliphatic rings. The molecule has 6 aromatic rings. The van der Waals surface area contributed by atoms with E-state index in [0.29, 0.717) is 0 Å². The number of hydrogen-bond donors (Lipinski definition) is 0. The largest absolute Gasteiger partial charge is 0.263 e. The van der Waals surface area contributed by atoms with Gasteiger partial charge in [0.05, 0.1) is 0 Å². The van der Waals surface area contributed by atoms with Gasteiger partial charge in [-0.3, -0.25) is 4.98 Å². The van der Waals surface area contributed by atoms with Gasteiger partial charge in [-0.2, -0.15) is 0 Å². The van der Waals surface area contributed by atoms with E-state index in [1.54, 1.807) is 0 Å². The fourth-order valence-electron chi connectivity index (χ4n) is 4.46. The van der Waals surface area contributed by atoms with Gasteiger partial charge in [0, 0.05) is 49.6 Å². The van der Waals surface area contributed by atoms with Crippen molar-refractivity contribution in [3.63, 3.8) is 0 Å². The highest BCUT2D eigenvalue weighted by Crippen LogP contribution is 2.49. The average Bonchev–Trinajstić information content (AvgIpc) is 3.29. The van der Waals surface area contributed by atoms with Gasteiger partial charge in [-0.25, -0.2) is 0 Å². The number of thiophene rings is 1. The molecule has 33 heavy (non-hydrogen) atoms. The molecule has 0 unspecified atom stereocenters. The molecular weight excluding hydrogens is 418 g/mol. The first-order valence-electron chi connectivity index (χ1n) is 11.1. The summed E-state index contributed by atoms with van der Waals surface area (Å²) in [5.41, 5.74) is 7.16. The van der Waals surface area contributed by atoms with Crippen LogP contribution in [0.1, 0.15) is 0 Å². The molecule has 2 aromatic heterocycles. The lowest BCUT2D eigenvalue weighted by atomic mass is 9.92. The first-order valence-corrected chi connectivity index (χ1v) is 11.9. The quantitative estimate of drug-likeness (QED) is 0.267. The van der Waals surface area contributed by atoms with Gasteiger partial charge in [0.2, 0.25) is 0 Å². The van der Waals surface area contributed by atoms with Crippen LogP contribution in [0.15, 0.2) is 128 Å². The Bertz CT molecular complexity index is 1480. The molecule has 156 valence electrons. The molecule has 0 amide bonds. The standard InChI is InChI=1S/C31H21NS/c1-4-12-22(13-5-1)27-20-32-21-28(23-14-6-2-7-15-23)29(27)31-26-19-11-10-18-25(26)30(33-31)24-16-8-3-9-17-24/h1-21H. The molecule has 6 rings (SSSR count). The Morgan fingerprint density at radius 2 is 0.848 bits per heavy atom. The van der Waals surface area contributed by atoms with E-state index in [-0.39, 0.29) is 0 Å². The normalized spacial score (nSPS) is 11.0. The molecule has 2 heterocycles. The number of nitrogens with zero attached hydrogens (tertiary/aromatic N) is 1. The van der Waals surface area contributed by atoms with Crippen LogP contribution in [0.5, 0.6) is 0 Å². The van der Waals surface area contributed by atoms with E-state index in [1.807, 2.05) is 23.7 Å². The van der Waals surface area contributed by atoms with Gasteiger partial charge in [0.25, 0.3) is 0 Å². The van der Waals surface area contributed by atoms with E-state index in [9.17, 15) is 0 Å². The Labute approximate surface area is 197 Å². The zero-order valence-electron chi connectivity index (χ0n) is 18.0. The number of fused-ring (bicyclic) bond motifs is 1. The van der Waals surface area contributed by atoms with E-state index in [1.165, 1.54) is 42.8 Å². The van der Waals surface area contributed by atoms with E-state index < -0.39 is 0 Å². The molecule has 0 N–H and O–H groups in total. The Kier molecular flexibility index (Phi) is 5.06. The lowest BCUT2D eigenvalue weighted by molar-refractivity contribution is 1.33. The van der Waals surface area contributed by atoms with Crippen LogP contribution < -0.4 is 0 Å². The maximum atomic E-state index is 4.67.